The summed E-state index contributed by atoms with van der Waals surface area (Å²) in [7, 11) is 0. The first kappa shape index (κ1) is 11.9. The second-order valence-corrected chi connectivity index (χ2v) is 5.10. The van der Waals surface area contributed by atoms with Gasteiger partial charge >= 0.3 is 0 Å². The van der Waals surface area contributed by atoms with E-state index in [1.54, 1.807) is 6.20 Å². The van der Waals surface area contributed by atoms with Crippen LogP contribution in [-0.2, 0) is 4.74 Å². The Morgan fingerprint density at radius 2 is 2.33 bits per heavy atom. The molecule has 18 heavy (non-hydrogen) atoms. The molecule has 1 aliphatic carbocycles. The van der Waals surface area contributed by atoms with Crippen molar-refractivity contribution in [3.05, 3.63) is 17.7 Å². The number of hydrogen-bond acceptors (Lipinski definition) is 5. The van der Waals surface area contributed by atoms with Gasteiger partial charge in [0.2, 0.25) is 0 Å². The van der Waals surface area contributed by atoms with Crippen molar-refractivity contribution in [3.63, 3.8) is 0 Å². The summed E-state index contributed by atoms with van der Waals surface area (Å²) in [4.78, 5) is 11.4. The Bertz CT molecular complexity index is 433. The van der Waals surface area contributed by atoms with Gasteiger partial charge in [-0.05, 0) is 19.4 Å². The van der Waals surface area contributed by atoms with E-state index in [4.69, 9.17) is 10.5 Å². The van der Waals surface area contributed by atoms with Crippen molar-refractivity contribution in [1.82, 2.24) is 14.9 Å². The topological polar surface area (TPSA) is 64.3 Å². The van der Waals surface area contributed by atoms with E-state index < -0.39 is 0 Å². The van der Waals surface area contributed by atoms with Gasteiger partial charge in [0, 0.05) is 19.0 Å². The Kier molecular flexibility index (Phi) is 3.18. The van der Waals surface area contributed by atoms with Crippen LogP contribution in [0.2, 0.25) is 0 Å². The number of hydrogen-bond donors (Lipinski definition) is 1. The number of likely N-dealkylation sites (N-methyl/N-ethyl adjacent to an activating group) is 1. The van der Waals surface area contributed by atoms with E-state index in [9.17, 15) is 0 Å². The summed E-state index contributed by atoms with van der Waals surface area (Å²) in [6.45, 7) is 5.85. The third-order valence-electron chi connectivity index (χ3n) is 3.72. The van der Waals surface area contributed by atoms with E-state index in [0.717, 1.165) is 43.4 Å². The molecule has 0 radical (unpaired) electrons. The van der Waals surface area contributed by atoms with Gasteiger partial charge in [0.05, 0.1) is 24.2 Å². The van der Waals surface area contributed by atoms with Gasteiger partial charge in [0.25, 0.3) is 0 Å². The monoisotopic (exact) mass is 248 g/mol. The molecule has 5 nitrogen and oxygen atoms in total. The van der Waals surface area contributed by atoms with Gasteiger partial charge in [-0.25, -0.2) is 9.97 Å². The summed E-state index contributed by atoms with van der Waals surface area (Å²) in [5, 5.41) is 0. The van der Waals surface area contributed by atoms with Gasteiger partial charge in [-0.15, -0.1) is 0 Å². The molecule has 0 bridgehead atoms. The Morgan fingerprint density at radius 3 is 3.06 bits per heavy atom. The summed E-state index contributed by atoms with van der Waals surface area (Å²) >= 11 is 0. The fourth-order valence-electron chi connectivity index (χ4n) is 2.40. The maximum absolute atomic E-state index is 5.94. The van der Waals surface area contributed by atoms with E-state index in [1.807, 2.05) is 0 Å². The number of rotatable bonds is 3. The van der Waals surface area contributed by atoms with Crippen LogP contribution in [-0.4, -0.2) is 41.1 Å². The molecule has 2 N–H and O–H groups in total. The van der Waals surface area contributed by atoms with Crippen molar-refractivity contribution in [2.75, 3.05) is 32.0 Å². The SMILES string of the molecule is CCN1CCOC(c2ncc(N)c(C3CC3)n2)C1. The lowest BCUT2D eigenvalue weighted by atomic mass is 10.2. The zero-order chi connectivity index (χ0) is 12.5. The van der Waals surface area contributed by atoms with Crippen LogP contribution < -0.4 is 5.73 Å². The first-order valence-electron chi connectivity index (χ1n) is 6.74. The molecule has 1 unspecified atom stereocenters. The average molecular weight is 248 g/mol. The molecule has 2 aliphatic rings. The van der Waals surface area contributed by atoms with Crippen molar-refractivity contribution < 1.29 is 4.74 Å². The summed E-state index contributed by atoms with van der Waals surface area (Å²) < 4.78 is 5.78. The largest absolute Gasteiger partial charge is 0.396 e. The lowest BCUT2D eigenvalue weighted by Crippen LogP contribution is -2.38. The lowest BCUT2D eigenvalue weighted by molar-refractivity contribution is -0.0326. The van der Waals surface area contributed by atoms with Crippen LogP contribution >= 0.6 is 0 Å². The van der Waals surface area contributed by atoms with Crippen LogP contribution in [0, 0.1) is 0 Å². The maximum atomic E-state index is 5.94. The Morgan fingerprint density at radius 1 is 1.50 bits per heavy atom. The fourth-order valence-corrected chi connectivity index (χ4v) is 2.40. The van der Waals surface area contributed by atoms with Crippen LogP contribution in [0.1, 0.15) is 43.3 Å². The van der Waals surface area contributed by atoms with Crippen molar-refractivity contribution in [2.24, 2.45) is 0 Å². The standard InChI is InChI=1S/C13H20N4O/c1-2-17-5-6-18-11(8-17)13-15-7-10(14)12(16-13)9-3-4-9/h7,9,11H,2-6,8,14H2,1H3. The van der Waals surface area contributed by atoms with Crippen molar-refractivity contribution in [3.8, 4) is 0 Å². The van der Waals surface area contributed by atoms with Crippen LogP contribution in [0.25, 0.3) is 0 Å². The minimum absolute atomic E-state index is 0.00296. The molecular formula is C13H20N4O. The number of ether oxygens (including phenoxy) is 1. The molecule has 0 spiro atoms. The minimum atomic E-state index is -0.00296. The first-order chi connectivity index (χ1) is 8.78. The number of nitrogens with zero attached hydrogens (tertiary/aromatic N) is 3. The van der Waals surface area contributed by atoms with Gasteiger partial charge in [-0.1, -0.05) is 6.92 Å². The normalized spacial score (nSPS) is 25.3. The molecule has 3 rings (SSSR count). The van der Waals surface area contributed by atoms with Gasteiger partial charge in [0.1, 0.15) is 6.10 Å². The minimum Gasteiger partial charge on any atom is -0.396 e. The smallest absolute Gasteiger partial charge is 0.158 e. The second-order valence-electron chi connectivity index (χ2n) is 5.10. The molecule has 98 valence electrons. The Hall–Kier alpha value is -1.20. The van der Waals surface area contributed by atoms with E-state index in [-0.39, 0.29) is 6.10 Å². The Balaban J connectivity index is 1.80. The van der Waals surface area contributed by atoms with Gasteiger partial charge in [-0.2, -0.15) is 0 Å². The zero-order valence-electron chi connectivity index (χ0n) is 10.8. The van der Waals surface area contributed by atoms with E-state index in [2.05, 4.69) is 21.8 Å². The first-order valence-corrected chi connectivity index (χ1v) is 6.74. The third-order valence-corrected chi connectivity index (χ3v) is 3.72. The highest BCUT2D eigenvalue weighted by molar-refractivity contribution is 5.44. The summed E-state index contributed by atoms with van der Waals surface area (Å²) in [5.74, 6) is 1.35. The highest BCUT2D eigenvalue weighted by Gasteiger charge is 2.30. The molecule has 2 heterocycles. The molecule has 5 heteroatoms. The van der Waals surface area contributed by atoms with Crippen molar-refractivity contribution in [2.45, 2.75) is 31.8 Å². The predicted molar refractivity (Wildman–Crippen MR) is 69.2 cm³/mol. The predicted octanol–water partition coefficient (Wildman–Crippen LogP) is 1.33. The molecule has 1 saturated carbocycles. The number of anilines is 1. The lowest BCUT2D eigenvalue weighted by Gasteiger charge is -2.31. The third kappa shape index (κ3) is 2.33. The molecule has 1 aliphatic heterocycles. The second kappa shape index (κ2) is 4.82. The number of nitrogens with two attached hydrogens (primary N) is 1. The van der Waals surface area contributed by atoms with E-state index >= 15 is 0 Å². The van der Waals surface area contributed by atoms with Gasteiger partial charge in [-0.3, -0.25) is 4.90 Å². The molecule has 1 atom stereocenters. The molecule has 1 aromatic heterocycles. The van der Waals surface area contributed by atoms with Crippen LogP contribution in [0.15, 0.2) is 6.20 Å². The van der Waals surface area contributed by atoms with Crippen LogP contribution in [0.3, 0.4) is 0 Å². The fraction of sp³-hybridized carbons (Fsp3) is 0.692. The van der Waals surface area contributed by atoms with Crippen LogP contribution in [0.4, 0.5) is 5.69 Å². The zero-order valence-corrected chi connectivity index (χ0v) is 10.8. The summed E-state index contributed by atoms with van der Waals surface area (Å²) in [5.41, 5.74) is 7.69. The van der Waals surface area contributed by atoms with Crippen molar-refractivity contribution >= 4 is 5.69 Å². The highest BCUT2D eigenvalue weighted by Crippen LogP contribution is 2.41. The maximum Gasteiger partial charge on any atom is 0.158 e. The molecule has 0 aromatic carbocycles. The van der Waals surface area contributed by atoms with Crippen molar-refractivity contribution in [1.29, 1.82) is 0 Å². The van der Waals surface area contributed by atoms with Crippen LogP contribution in [0.5, 0.6) is 0 Å². The van der Waals surface area contributed by atoms with Gasteiger partial charge in [0.15, 0.2) is 5.82 Å². The van der Waals surface area contributed by atoms with E-state index in [1.165, 1.54) is 12.8 Å². The number of nitrogen functional groups attached to an aromatic ring is 1. The number of morpholine rings is 1. The molecule has 1 saturated heterocycles. The summed E-state index contributed by atoms with van der Waals surface area (Å²) in [6, 6.07) is 0. The Labute approximate surface area is 107 Å². The number of aromatic nitrogens is 2. The van der Waals surface area contributed by atoms with E-state index in [0.29, 0.717) is 5.92 Å². The summed E-state index contributed by atoms with van der Waals surface area (Å²) in [6.07, 6.45) is 4.14. The molecule has 2 fully saturated rings. The average Bonchev–Trinajstić information content (AvgIpc) is 3.24. The van der Waals surface area contributed by atoms with Gasteiger partial charge < -0.3 is 10.5 Å². The highest BCUT2D eigenvalue weighted by atomic mass is 16.5. The molecule has 1 aromatic rings. The molecule has 0 amide bonds. The quantitative estimate of drug-likeness (QED) is 0.874. The molecular weight excluding hydrogens is 228 g/mol.